The Morgan fingerprint density at radius 3 is 2.30 bits per heavy atom. The van der Waals surface area contributed by atoms with E-state index >= 15 is 0 Å². The van der Waals surface area contributed by atoms with Gasteiger partial charge < -0.3 is 24.7 Å². The second kappa shape index (κ2) is 12.4. The molecule has 8 heteroatoms. The summed E-state index contributed by atoms with van der Waals surface area (Å²) < 4.78 is 18.2. The van der Waals surface area contributed by atoms with E-state index in [1.807, 2.05) is 70.2 Å². The second-order valence-electron chi connectivity index (χ2n) is 12.7. The Kier molecular flexibility index (Phi) is 9.31. The number of hydrogen-bond acceptors (Lipinski definition) is 5. The first-order valence-corrected chi connectivity index (χ1v) is 14.5. The Morgan fingerprint density at radius 2 is 1.68 bits per heavy atom. The van der Waals surface area contributed by atoms with Gasteiger partial charge in [0.1, 0.15) is 11.8 Å². The number of carbonyl (C=O) groups excluding carboxylic acids is 2. The van der Waals surface area contributed by atoms with Crippen LogP contribution in [0.4, 0.5) is 0 Å². The van der Waals surface area contributed by atoms with Crippen molar-refractivity contribution in [1.82, 2.24) is 10.6 Å². The smallest absolute Gasteiger partial charge is 0.481 e. The number of aryl methyl sites for hydroxylation is 1. The van der Waals surface area contributed by atoms with Gasteiger partial charge in [0, 0.05) is 12.3 Å². The number of nitrogens with one attached hydrogen (secondary N) is 2. The lowest BCUT2D eigenvalue weighted by Gasteiger charge is -2.32. The maximum atomic E-state index is 13.9. The van der Waals surface area contributed by atoms with Gasteiger partial charge in [-0.05, 0) is 82.1 Å². The molecule has 2 aliphatic rings. The molecule has 0 spiro atoms. The van der Waals surface area contributed by atoms with E-state index in [1.54, 1.807) is 7.11 Å². The zero-order chi connectivity index (χ0) is 29.1. The van der Waals surface area contributed by atoms with Gasteiger partial charge in [-0.15, -0.1) is 0 Å². The Hall–Kier alpha value is -2.84. The average Bonchev–Trinajstić information content (AvgIpc) is 3.13. The van der Waals surface area contributed by atoms with Crippen molar-refractivity contribution >= 4 is 18.9 Å². The predicted octanol–water partition coefficient (Wildman–Crippen LogP) is 4.69. The van der Waals surface area contributed by atoms with E-state index in [0.29, 0.717) is 25.2 Å². The SMILES string of the molecule is COc1cccc2c1CC(C(=O)N[C@@H](Cc1ccccc1)C(=O)N[C@@H](CC(C)C)B1OC(C)(C)C(C)(C)O1)CC2. The van der Waals surface area contributed by atoms with Gasteiger partial charge in [0.05, 0.1) is 24.3 Å². The molecule has 2 aromatic rings. The summed E-state index contributed by atoms with van der Waals surface area (Å²) in [6.45, 7) is 12.3. The molecule has 1 saturated heterocycles. The van der Waals surface area contributed by atoms with E-state index in [0.717, 1.165) is 29.7 Å². The molecule has 216 valence electrons. The van der Waals surface area contributed by atoms with Gasteiger partial charge in [0.2, 0.25) is 11.8 Å². The molecule has 3 atom stereocenters. The third-order valence-electron chi connectivity index (χ3n) is 8.60. The fraction of sp³-hybridized carbons (Fsp3) is 0.562. The zero-order valence-electron chi connectivity index (χ0n) is 25.1. The van der Waals surface area contributed by atoms with Gasteiger partial charge in [-0.2, -0.15) is 0 Å². The van der Waals surface area contributed by atoms with Crippen LogP contribution in [0.1, 0.15) is 71.1 Å². The molecule has 1 aliphatic carbocycles. The van der Waals surface area contributed by atoms with Crippen LogP contribution in [0.3, 0.4) is 0 Å². The maximum absolute atomic E-state index is 13.9. The lowest BCUT2D eigenvalue weighted by molar-refractivity contribution is -0.131. The van der Waals surface area contributed by atoms with Gasteiger partial charge >= 0.3 is 7.12 Å². The van der Waals surface area contributed by atoms with Crippen molar-refractivity contribution in [2.45, 2.75) is 96.8 Å². The summed E-state index contributed by atoms with van der Waals surface area (Å²) in [5.41, 5.74) is 2.27. The second-order valence-corrected chi connectivity index (χ2v) is 12.7. The van der Waals surface area contributed by atoms with Crippen molar-refractivity contribution in [1.29, 1.82) is 0 Å². The number of carbonyl (C=O) groups is 2. The van der Waals surface area contributed by atoms with E-state index in [-0.39, 0.29) is 23.7 Å². The summed E-state index contributed by atoms with van der Waals surface area (Å²) in [5.74, 6) is 0.199. The van der Waals surface area contributed by atoms with Crippen LogP contribution in [0.25, 0.3) is 0 Å². The summed E-state index contributed by atoms with van der Waals surface area (Å²) in [5, 5.41) is 6.32. The maximum Gasteiger partial charge on any atom is 0.481 e. The van der Waals surface area contributed by atoms with Crippen LogP contribution in [0, 0.1) is 11.8 Å². The Morgan fingerprint density at radius 1 is 1.00 bits per heavy atom. The molecule has 1 unspecified atom stereocenters. The molecule has 0 aromatic heterocycles. The number of hydrogen-bond donors (Lipinski definition) is 2. The van der Waals surface area contributed by atoms with E-state index in [4.69, 9.17) is 14.0 Å². The van der Waals surface area contributed by atoms with Crippen molar-refractivity contribution < 1.29 is 23.6 Å². The Bertz CT molecular complexity index is 1150. The van der Waals surface area contributed by atoms with Crippen LogP contribution in [-0.4, -0.2) is 49.2 Å². The van der Waals surface area contributed by atoms with Crippen molar-refractivity contribution in [3.05, 3.63) is 65.2 Å². The highest BCUT2D eigenvalue weighted by atomic mass is 16.7. The van der Waals surface area contributed by atoms with Gasteiger partial charge in [-0.1, -0.05) is 56.3 Å². The minimum atomic E-state index is -0.731. The van der Waals surface area contributed by atoms with Crippen molar-refractivity contribution in [3.63, 3.8) is 0 Å². The van der Waals surface area contributed by atoms with Crippen molar-refractivity contribution in [2.75, 3.05) is 7.11 Å². The largest absolute Gasteiger partial charge is 0.496 e. The normalized spacial score (nSPS) is 20.9. The molecule has 1 heterocycles. The topological polar surface area (TPSA) is 85.9 Å². The molecule has 0 saturated carbocycles. The van der Waals surface area contributed by atoms with Crippen LogP contribution in [0.2, 0.25) is 0 Å². The van der Waals surface area contributed by atoms with Crippen molar-refractivity contribution in [3.8, 4) is 5.75 Å². The zero-order valence-corrected chi connectivity index (χ0v) is 25.1. The lowest BCUT2D eigenvalue weighted by atomic mass is 9.73. The first kappa shape index (κ1) is 30.1. The quantitative estimate of drug-likeness (QED) is 0.421. The molecule has 2 aromatic carbocycles. The molecular weight excluding hydrogens is 503 g/mol. The fourth-order valence-corrected chi connectivity index (χ4v) is 5.60. The number of ether oxygens (including phenoxy) is 1. The summed E-state index contributed by atoms with van der Waals surface area (Å²) >= 11 is 0. The average molecular weight is 549 g/mol. The number of rotatable bonds is 10. The molecule has 2 amide bonds. The van der Waals surface area contributed by atoms with Gasteiger partial charge in [0.25, 0.3) is 0 Å². The number of benzene rings is 2. The van der Waals surface area contributed by atoms with E-state index in [1.165, 1.54) is 5.56 Å². The molecule has 40 heavy (non-hydrogen) atoms. The Labute approximate surface area is 239 Å². The molecule has 0 radical (unpaired) electrons. The summed E-state index contributed by atoms with van der Waals surface area (Å²) in [7, 11) is 1.08. The molecule has 1 fully saturated rings. The monoisotopic (exact) mass is 548 g/mol. The third-order valence-corrected chi connectivity index (χ3v) is 8.60. The van der Waals surface area contributed by atoms with Gasteiger partial charge in [-0.3, -0.25) is 9.59 Å². The van der Waals surface area contributed by atoms with Gasteiger partial charge in [0.15, 0.2) is 0 Å². The molecule has 2 N–H and O–H groups in total. The van der Waals surface area contributed by atoms with E-state index in [9.17, 15) is 9.59 Å². The Balaban J connectivity index is 1.52. The highest BCUT2D eigenvalue weighted by Gasteiger charge is 2.54. The predicted molar refractivity (Wildman–Crippen MR) is 158 cm³/mol. The number of methoxy groups -OCH3 is 1. The van der Waals surface area contributed by atoms with Gasteiger partial charge in [-0.25, -0.2) is 0 Å². The summed E-state index contributed by atoms with van der Waals surface area (Å²) in [6.07, 6.45) is 3.21. The number of fused-ring (bicyclic) bond motifs is 1. The number of amides is 2. The molecule has 7 nitrogen and oxygen atoms in total. The summed E-state index contributed by atoms with van der Waals surface area (Å²) in [6, 6.07) is 15.1. The molecular formula is C32H45BN2O5. The van der Waals surface area contributed by atoms with Crippen LogP contribution in [0.15, 0.2) is 48.5 Å². The van der Waals surface area contributed by atoms with Crippen LogP contribution >= 0.6 is 0 Å². The highest BCUT2D eigenvalue weighted by molar-refractivity contribution is 6.48. The first-order chi connectivity index (χ1) is 18.9. The fourth-order valence-electron chi connectivity index (χ4n) is 5.60. The van der Waals surface area contributed by atoms with E-state index in [2.05, 4.69) is 30.5 Å². The minimum Gasteiger partial charge on any atom is -0.496 e. The standard InChI is InChI=1S/C32H45BN2O5/c1-21(2)18-28(33-39-31(3,4)32(5,6)40-33)35-30(37)26(19-22-12-9-8-10-13-22)34-29(36)24-17-16-23-14-11-15-27(38-7)25(23)20-24/h8-15,21,24,26,28H,16-20H2,1-7H3,(H,34,36)(H,35,37)/t24?,26-,28-/m0/s1. The molecule has 0 bridgehead atoms. The van der Waals surface area contributed by atoms with Crippen LogP contribution in [-0.2, 0) is 38.2 Å². The van der Waals surface area contributed by atoms with Crippen molar-refractivity contribution in [2.24, 2.45) is 11.8 Å². The van der Waals surface area contributed by atoms with Crippen LogP contribution < -0.4 is 15.4 Å². The minimum absolute atomic E-state index is 0.108. The molecule has 1 aliphatic heterocycles. The first-order valence-electron chi connectivity index (χ1n) is 14.5. The van der Waals surface area contributed by atoms with Crippen LogP contribution in [0.5, 0.6) is 5.75 Å². The summed E-state index contributed by atoms with van der Waals surface area (Å²) in [4.78, 5) is 27.5. The highest BCUT2D eigenvalue weighted by Crippen LogP contribution is 2.38. The molecule has 4 rings (SSSR count). The van der Waals surface area contributed by atoms with E-state index < -0.39 is 24.4 Å². The lowest BCUT2D eigenvalue weighted by Crippen LogP contribution is -2.56. The third kappa shape index (κ3) is 6.89.